The number of amides is 2. The minimum atomic E-state index is -0.353. The van der Waals surface area contributed by atoms with Gasteiger partial charge in [0, 0.05) is 11.1 Å². The second-order valence-electron chi connectivity index (χ2n) is 4.80. The highest BCUT2D eigenvalue weighted by atomic mass is 16.2. The van der Waals surface area contributed by atoms with Crippen molar-refractivity contribution >= 4 is 23.5 Å². The zero-order chi connectivity index (χ0) is 14.1. The molecule has 1 aliphatic rings. The summed E-state index contributed by atoms with van der Waals surface area (Å²) in [5.41, 5.74) is 3.83. The van der Waals surface area contributed by atoms with Crippen LogP contribution < -0.4 is 5.32 Å². The number of imide groups is 1. The van der Waals surface area contributed by atoms with Crippen LogP contribution in [0, 0.1) is 6.92 Å². The number of rotatable bonds is 1. The lowest BCUT2D eigenvalue weighted by atomic mass is 9.93. The van der Waals surface area contributed by atoms with E-state index in [2.05, 4.69) is 5.32 Å². The van der Waals surface area contributed by atoms with E-state index in [1.54, 1.807) is 24.3 Å². The predicted octanol–water partition coefficient (Wildman–Crippen LogP) is 2.81. The Bertz CT molecular complexity index is 727. The van der Waals surface area contributed by atoms with Crippen LogP contribution in [-0.4, -0.2) is 11.8 Å². The van der Waals surface area contributed by atoms with Crippen molar-refractivity contribution in [2.45, 2.75) is 6.92 Å². The number of carbonyl (C=O) groups is 2. The topological polar surface area (TPSA) is 46.2 Å². The van der Waals surface area contributed by atoms with E-state index < -0.39 is 0 Å². The molecule has 0 saturated carbocycles. The van der Waals surface area contributed by atoms with Gasteiger partial charge in [0.25, 0.3) is 11.8 Å². The van der Waals surface area contributed by atoms with Crippen LogP contribution in [0.2, 0.25) is 0 Å². The molecule has 0 spiro atoms. The monoisotopic (exact) mass is 263 g/mol. The summed E-state index contributed by atoms with van der Waals surface area (Å²) in [5.74, 6) is -0.694. The van der Waals surface area contributed by atoms with Gasteiger partial charge in [0.05, 0.1) is 0 Å². The first-order chi connectivity index (χ1) is 9.65. The van der Waals surface area contributed by atoms with E-state index >= 15 is 0 Å². The lowest BCUT2D eigenvalue weighted by molar-refractivity contribution is -0.114. The van der Waals surface area contributed by atoms with Crippen molar-refractivity contribution in [1.29, 1.82) is 0 Å². The molecule has 0 radical (unpaired) electrons. The van der Waals surface area contributed by atoms with Crippen LogP contribution in [0.1, 0.15) is 27.0 Å². The van der Waals surface area contributed by atoms with Crippen LogP contribution in [0.15, 0.2) is 48.5 Å². The maximum atomic E-state index is 12.0. The number of hydrogen-bond donors (Lipinski definition) is 1. The first-order valence-electron chi connectivity index (χ1n) is 6.38. The Balaban J connectivity index is 2.13. The fourth-order valence-electron chi connectivity index (χ4n) is 2.25. The smallest absolute Gasteiger partial charge is 0.258 e. The quantitative estimate of drug-likeness (QED) is 0.635. The van der Waals surface area contributed by atoms with E-state index in [9.17, 15) is 9.59 Å². The molecule has 0 atom stereocenters. The van der Waals surface area contributed by atoms with E-state index in [1.165, 1.54) is 0 Å². The van der Waals surface area contributed by atoms with Gasteiger partial charge in [0.15, 0.2) is 0 Å². The van der Waals surface area contributed by atoms with Crippen molar-refractivity contribution in [1.82, 2.24) is 5.32 Å². The van der Waals surface area contributed by atoms with Crippen LogP contribution in [-0.2, 0) is 4.79 Å². The molecule has 20 heavy (non-hydrogen) atoms. The molecule has 98 valence electrons. The van der Waals surface area contributed by atoms with Gasteiger partial charge in [-0.05, 0) is 30.2 Å². The largest absolute Gasteiger partial charge is 0.288 e. The Morgan fingerprint density at radius 2 is 1.50 bits per heavy atom. The fraction of sp³-hybridized carbons (Fsp3) is 0.0588. The normalized spacial score (nSPS) is 15.9. The van der Waals surface area contributed by atoms with Gasteiger partial charge < -0.3 is 0 Å². The summed E-state index contributed by atoms with van der Waals surface area (Å²) in [6, 6.07) is 15.0. The Hall–Kier alpha value is -2.68. The molecule has 1 heterocycles. The Kier molecular flexibility index (Phi) is 2.95. The number of nitrogens with one attached hydrogen (secondary N) is 1. The maximum absolute atomic E-state index is 12.0. The van der Waals surface area contributed by atoms with Gasteiger partial charge in [0.1, 0.15) is 0 Å². The van der Waals surface area contributed by atoms with Gasteiger partial charge in [-0.25, -0.2) is 0 Å². The summed E-state index contributed by atoms with van der Waals surface area (Å²) < 4.78 is 0. The van der Waals surface area contributed by atoms with Gasteiger partial charge >= 0.3 is 0 Å². The molecular weight excluding hydrogens is 250 g/mol. The van der Waals surface area contributed by atoms with Crippen LogP contribution in [0.4, 0.5) is 0 Å². The van der Waals surface area contributed by atoms with E-state index in [1.807, 2.05) is 37.3 Å². The highest BCUT2D eigenvalue weighted by Gasteiger charge is 2.26. The SMILES string of the molecule is Cc1ccc(/C=C2\C(=O)NC(=O)c3ccccc32)cc1. The first kappa shape index (κ1) is 12.4. The molecule has 3 nitrogen and oxygen atoms in total. The summed E-state index contributed by atoms with van der Waals surface area (Å²) in [6.45, 7) is 2.01. The number of benzene rings is 2. The van der Waals surface area contributed by atoms with Gasteiger partial charge in [-0.2, -0.15) is 0 Å². The molecule has 3 rings (SSSR count). The van der Waals surface area contributed by atoms with Gasteiger partial charge in [0.2, 0.25) is 0 Å². The van der Waals surface area contributed by atoms with E-state index in [0.717, 1.165) is 11.1 Å². The Labute approximate surface area is 116 Å². The lowest BCUT2D eigenvalue weighted by Gasteiger charge is -2.18. The molecule has 0 bridgehead atoms. The molecule has 0 saturated heterocycles. The van der Waals surface area contributed by atoms with Gasteiger partial charge in [-0.1, -0.05) is 48.0 Å². The molecule has 3 heteroatoms. The van der Waals surface area contributed by atoms with Gasteiger partial charge in [-0.3, -0.25) is 14.9 Å². The van der Waals surface area contributed by atoms with E-state index in [-0.39, 0.29) is 11.8 Å². The number of fused-ring (bicyclic) bond motifs is 1. The zero-order valence-electron chi connectivity index (χ0n) is 11.0. The second kappa shape index (κ2) is 4.78. The van der Waals surface area contributed by atoms with Crippen LogP contribution in [0.25, 0.3) is 11.6 Å². The van der Waals surface area contributed by atoms with Crippen molar-refractivity contribution in [2.24, 2.45) is 0 Å². The summed E-state index contributed by atoms with van der Waals surface area (Å²) in [6.07, 6.45) is 1.81. The maximum Gasteiger partial charge on any atom is 0.258 e. The van der Waals surface area contributed by atoms with Crippen molar-refractivity contribution in [3.8, 4) is 0 Å². The molecule has 0 aromatic heterocycles. The summed E-state index contributed by atoms with van der Waals surface area (Å²) in [5, 5.41) is 2.37. The molecular formula is C17H13NO2. The highest BCUT2D eigenvalue weighted by molar-refractivity contribution is 6.33. The molecule has 0 fully saturated rings. The molecule has 0 unspecified atom stereocenters. The Morgan fingerprint density at radius 3 is 2.20 bits per heavy atom. The van der Waals surface area contributed by atoms with Crippen LogP contribution in [0.3, 0.4) is 0 Å². The summed E-state index contributed by atoms with van der Waals surface area (Å²) >= 11 is 0. The minimum absolute atomic E-state index is 0.341. The predicted molar refractivity (Wildman–Crippen MR) is 78.0 cm³/mol. The van der Waals surface area contributed by atoms with Crippen LogP contribution >= 0.6 is 0 Å². The Morgan fingerprint density at radius 1 is 0.850 bits per heavy atom. The molecule has 1 N–H and O–H groups in total. The highest BCUT2D eigenvalue weighted by Crippen LogP contribution is 2.25. The number of aryl methyl sites for hydroxylation is 1. The molecule has 2 aromatic carbocycles. The third-order valence-corrected chi connectivity index (χ3v) is 3.32. The fourth-order valence-corrected chi connectivity index (χ4v) is 2.25. The average molecular weight is 263 g/mol. The van der Waals surface area contributed by atoms with E-state index in [4.69, 9.17) is 0 Å². The first-order valence-corrected chi connectivity index (χ1v) is 6.38. The number of hydrogen-bond acceptors (Lipinski definition) is 2. The van der Waals surface area contributed by atoms with Crippen molar-refractivity contribution in [3.63, 3.8) is 0 Å². The average Bonchev–Trinajstić information content (AvgIpc) is 2.45. The standard InChI is InChI=1S/C17H13NO2/c1-11-6-8-12(9-7-11)10-15-13-4-2-3-5-14(13)16(19)18-17(15)20/h2-10H,1H3,(H,18,19,20)/b15-10-. The molecule has 1 aliphatic heterocycles. The lowest BCUT2D eigenvalue weighted by Crippen LogP contribution is -2.36. The van der Waals surface area contributed by atoms with Crippen molar-refractivity contribution < 1.29 is 9.59 Å². The molecule has 0 aliphatic carbocycles. The third-order valence-electron chi connectivity index (χ3n) is 3.32. The van der Waals surface area contributed by atoms with Crippen molar-refractivity contribution in [2.75, 3.05) is 0 Å². The minimum Gasteiger partial charge on any atom is -0.288 e. The molecule has 2 amide bonds. The number of carbonyl (C=O) groups excluding carboxylic acids is 2. The van der Waals surface area contributed by atoms with Gasteiger partial charge in [-0.15, -0.1) is 0 Å². The third kappa shape index (κ3) is 2.14. The van der Waals surface area contributed by atoms with Crippen molar-refractivity contribution in [3.05, 3.63) is 70.8 Å². The van der Waals surface area contributed by atoms with Crippen LogP contribution in [0.5, 0.6) is 0 Å². The zero-order valence-corrected chi connectivity index (χ0v) is 11.0. The second-order valence-corrected chi connectivity index (χ2v) is 4.80. The summed E-state index contributed by atoms with van der Waals surface area (Å²) in [7, 11) is 0. The molecule has 2 aromatic rings. The summed E-state index contributed by atoms with van der Waals surface area (Å²) in [4.78, 5) is 23.8. The van der Waals surface area contributed by atoms with E-state index in [0.29, 0.717) is 16.7 Å².